The first kappa shape index (κ1) is 9.45. The van der Waals surface area contributed by atoms with Gasteiger partial charge in [0.05, 0.1) is 0 Å². The predicted octanol–water partition coefficient (Wildman–Crippen LogP) is 3.09. The van der Waals surface area contributed by atoms with Crippen LogP contribution in [0.3, 0.4) is 0 Å². The second kappa shape index (κ2) is 3.95. The molecule has 0 spiro atoms. The Bertz CT molecular complexity index is 337. The number of benzene rings is 1. The van der Waals surface area contributed by atoms with Crippen LogP contribution in [0, 0.1) is 0 Å². The number of hydrogen-bond acceptors (Lipinski definition) is 1. The molecule has 0 atom stereocenters. The van der Waals surface area contributed by atoms with Gasteiger partial charge in [-0.2, -0.15) is 0 Å². The topological polar surface area (TPSA) is 17.1 Å². The Labute approximate surface area is 85.1 Å². The molecule has 2 rings (SSSR count). The highest BCUT2D eigenvalue weighted by Crippen LogP contribution is 2.40. The molecule has 1 heteroatoms. The first-order valence-electron chi connectivity index (χ1n) is 5.34. The van der Waals surface area contributed by atoms with Gasteiger partial charge in [-0.15, -0.1) is 0 Å². The van der Waals surface area contributed by atoms with Crippen LogP contribution in [0.1, 0.15) is 43.2 Å². The third-order valence-corrected chi connectivity index (χ3v) is 2.77. The summed E-state index contributed by atoms with van der Waals surface area (Å²) in [5, 5.41) is 0. The fourth-order valence-corrected chi connectivity index (χ4v) is 1.74. The highest BCUT2D eigenvalue weighted by Gasteiger charge is 2.23. The molecule has 74 valence electrons. The van der Waals surface area contributed by atoms with Crippen LogP contribution in [-0.2, 0) is 11.2 Å². The number of ketones is 1. The van der Waals surface area contributed by atoms with Crippen LogP contribution in [0.2, 0.25) is 0 Å². The Balaban J connectivity index is 2.02. The minimum Gasteiger partial charge on any atom is -0.300 e. The van der Waals surface area contributed by atoms with Crippen LogP contribution in [0.15, 0.2) is 24.3 Å². The molecule has 1 aromatic rings. The molecule has 1 fully saturated rings. The van der Waals surface area contributed by atoms with Gasteiger partial charge in [-0.1, -0.05) is 24.3 Å². The van der Waals surface area contributed by atoms with E-state index in [0.717, 1.165) is 12.3 Å². The minimum absolute atomic E-state index is 0.279. The van der Waals surface area contributed by atoms with E-state index in [-0.39, 0.29) is 5.78 Å². The van der Waals surface area contributed by atoms with Crippen molar-refractivity contribution in [3.63, 3.8) is 0 Å². The summed E-state index contributed by atoms with van der Waals surface area (Å²) in [6.45, 7) is 1.66. The molecule has 0 aromatic heterocycles. The summed E-state index contributed by atoms with van der Waals surface area (Å²) in [5.41, 5.74) is 2.77. The molecule has 1 nitrogen and oxygen atoms in total. The summed E-state index contributed by atoms with van der Waals surface area (Å²) >= 11 is 0. The van der Waals surface area contributed by atoms with E-state index in [1.54, 1.807) is 6.92 Å². The lowest BCUT2D eigenvalue weighted by Gasteiger charge is -2.02. The van der Waals surface area contributed by atoms with E-state index in [1.165, 1.54) is 24.0 Å². The van der Waals surface area contributed by atoms with Gasteiger partial charge in [0.25, 0.3) is 0 Å². The van der Waals surface area contributed by atoms with Crippen molar-refractivity contribution in [1.82, 2.24) is 0 Å². The van der Waals surface area contributed by atoms with E-state index in [0.29, 0.717) is 6.42 Å². The summed E-state index contributed by atoms with van der Waals surface area (Å²) in [4.78, 5) is 10.8. The summed E-state index contributed by atoms with van der Waals surface area (Å²) in [6.07, 6.45) is 4.26. The maximum absolute atomic E-state index is 10.8. The zero-order valence-electron chi connectivity index (χ0n) is 8.62. The van der Waals surface area contributed by atoms with Gasteiger partial charge in [-0.05, 0) is 43.2 Å². The fraction of sp³-hybridized carbons (Fsp3) is 0.462. The first-order chi connectivity index (χ1) is 6.75. The van der Waals surface area contributed by atoms with Crippen molar-refractivity contribution in [2.75, 3.05) is 0 Å². The Kier molecular flexibility index (Phi) is 2.67. The Morgan fingerprint density at radius 3 is 2.86 bits per heavy atom. The molecular formula is C13H16O. The molecule has 0 unspecified atom stereocenters. The second-order valence-corrected chi connectivity index (χ2v) is 4.22. The van der Waals surface area contributed by atoms with Crippen molar-refractivity contribution >= 4 is 5.78 Å². The first-order valence-corrected chi connectivity index (χ1v) is 5.34. The van der Waals surface area contributed by atoms with Crippen LogP contribution in [-0.4, -0.2) is 5.78 Å². The molecular weight excluding hydrogens is 172 g/mol. The van der Waals surface area contributed by atoms with Crippen molar-refractivity contribution in [3.8, 4) is 0 Å². The SMILES string of the molecule is CC(=O)CCc1cccc(C2CC2)c1. The lowest BCUT2D eigenvalue weighted by molar-refractivity contribution is -0.116. The number of hydrogen-bond donors (Lipinski definition) is 0. The van der Waals surface area contributed by atoms with Crippen LogP contribution < -0.4 is 0 Å². The minimum atomic E-state index is 0.279. The number of aryl methyl sites for hydroxylation is 1. The fourth-order valence-electron chi connectivity index (χ4n) is 1.74. The summed E-state index contributed by atoms with van der Waals surface area (Å²) in [6, 6.07) is 8.70. The maximum atomic E-state index is 10.8. The van der Waals surface area contributed by atoms with Crippen molar-refractivity contribution in [2.24, 2.45) is 0 Å². The quantitative estimate of drug-likeness (QED) is 0.709. The standard InChI is InChI=1S/C13H16O/c1-10(14)5-6-11-3-2-4-13(9-11)12-7-8-12/h2-4,9,12H,5-8H2,1H3. The second-order valence-electron chi connectivity index (χ2n) is 4.22. The third-order valence-electron chi connectivity index (χ3n) is 2.77. The van der Waals surface area contributed by atoms with E-state index < -0.39 is 0 Å². The molecule has 0 saturated heterocycles. The van der Waals surface area contributed by atoms with E-state index in [9.17, 15) is 4.79 Å². The van der Waals surface area contributed by atoms with Crippen molar-refractivity contribution in [1.29, 1.82) is 0 Å². The Morgan fingerprint density at radius 2 is 2.21 bits per heavy atom. The highest BCUT2D eigenvalue weighted by atomic mass is 16.1. The molecule has 0 aliphatic heterocycles. The van der Waals surface area contributed by atoms with Crippen molar-refractivity contribution in [3.05, 3.63) is 35.4 Å². The molecule has 1 aromatic carbocycles. The number of carbonyl (C=O) groups excluding carboxylic acids is 1. The van der Waals surface area contributed by atoms with Crippen LogP contribution in [0.4, 0.5) is 0 Å². The molecule has 0 amide bonds. The number of rotatable bonds is 4. The Morgan fingerprint density at radius 1 is 1.43 bits per heavy atom. The molecule has 0 heterocycles. The van der Waals surface area contributed by atoms with E-state index in [1.807, 2.05) is 0 Å². The third kappa shape index (κ3) is 2.44. The van der Waals surface area contributed by atoms with Gasteiger partial charge >= 0.3 is 0 Å². The zero-order chi connectivity index (χ0) is 9.97. The van der Waals surface area contributed by atoms with Gasteiger partial charge in [-0.25, -0.2) is 0 Å². The largest absolute Gasteiger partial charge is 0.300 e. The lowest BCUT2D eigenvalue weighted by Crippen LogP contribution is -1.94. The molecule has 0 N–H and O–H groups in total. The van der Waals surface area contributed by atoms with Gasteiger partial charge < -0.3 is 4.79 Å². The van der Waals surface area contributed by atoms with Gasteiger partial charge in [0.15, 0.2) is 0 Å². The summed E-state index contributed by atoms with van der Waals surface area (Å²) in [7, 11) is 0. The lowest BCUT2D eigenvalue weighted by atomic mass is 10.0. The van der Waals surface area contributed by atoms with E-state index in [2.05, 4.69) is 24.3 Å². The number of Topliss-reactive ketones (excluding diaryl/α,β-unsaturated/α-hetero) is 1. The zero-order valence-corrected chi connectivity index (χ0v) is 8.62. The van der Waals surface area contributed by atoms with E-state index >= 15 is 0 Å². The van der Waals surface area contributed by atoms with Crippen LogP contribution in [0.5, 0.6) is 0 Å². The van der Waals surface area contributed by atoms with E-state index in [4.69, 9.17) is 0 Å². The van der Waals surface area contributed by atoms with Gasteiger partial charge in [-0.3, -0.25) is 0 Å². The normalized spacial score (nSPS) is 15.5. The average Bonchev–Trinajstić information content (AvgIpc) is 2.98. The summed E-state index contributed by atoms with van der Waals surface area (Å²) in [5.74, 6) is 1.09. The van der Waals surface area contributed by atoms with Gasteiger partial charge in [0, 0.05) is 6.42 Å². The maximum Gasteiger partial charge on any atom is 0.130 e. The molecule has 1 aliphatic rings. The number of carbonyl (C=O) groups is 1. The Hall–Kier alpha value is -1.11. The van der Waals surface area contributed by atoms with Crippen LogP contribution >= 0.6 is 0 Å². The molecule has 14 heavy (non-hydrogen) atoms. The molecule has 0 bridgehead atoms. The van der Waals surface area contributed by atoms with Crippen molar-refractivity contribution in [2.45, 2.75) is 38.5 Å². The molecule has 1 aliphatic carbocycles. The van der Waals surface area contributed by atoms with Gasteiger partial charge in [0.1, 0.15) is 5.78 Å². The average molecular weight is 188 g/mol. The van der Waals surface area contributed by atoms with Crippen molar-refractivity contribution < 1.29 is 4.79 Å². The predicted molar refractivity (Wildman–Crippen MR) is 57.4 cm³/mol. The molecule has 1 saturated carbocycles. The van der Waals surface area contributed by atoms with Crippen LogP contribution in [0.25, 0.3) is 0 Å². The smallest absolute Gasteiger partial charge is 0.130 e. The summed E-state index contributed by atoms with van der Waals surface area (Å²) < 4.78 is 0. The highest BCUT2D eigenvalue weighted by molar-refractivity contribution is 5.75. The monoisotopic (exact) mass is 188 g/mol. The molecule has 0 radical (unpaired) electrons. The van der Waals surface area contributed by atoms with Gasteiger partial charge in [0.2, 0.25) is 0 Å².